The van der Waals surface area contributed by atoms with Crippen molar-refractivity contribution in [1.29, 1.82) is 0 Å². The molecule has 0 bridgehead atoms. The number of rotatable bonds is 3. The van der Waals surface area contributed by atoms with Gasteiger partial charge in [-0.2, -0.15) is 0 Å². The second kappa shape index (κ2) is 3.55. The van der Waals surface area contributed by atoms with Crippen LogP contribution in [0.2, 0.25) is 0 Å². The molecule has 0 aliphatic heterocycles. The van der Waals surface area contributed by atoms with E-state index in [2.05, 4.69) is 0 Å². The standard InChI is InChI=1S/C3H6NO3/c5-3-1-2-4(6)7/h2,5H,1,3H2. The molecule has 4 heteroatoms. The first-order valence-corrected chi connectivity index (χ1v) is 1.85. The molecule has 0 aromatic carbocycles. The van der Waals surface area contributed by atoms with Crippen LogP contribution in [0, 0.1) is 16.7 Å². The van der Waals surface area contributed by atoms with E-state index in [1.165, 1.54) is 0 Å². The Bertz CT molecular complexity index is 63.2. The number of nitrogens with zero attached hydrogens (tertiary/aromatic N) is 1. The number of hydrogen-bond donors (Lipinski definition) is 1. The summed E-state index contributed by atoms with van der Waals surface area (Å²) in [6.45, 7) is 0.668. The summed E-state index contributed by atoms with van der Waals surface area (Å²) in [5.74, 6) is 0. The van der Waals surface area contributed by atoms with Crippen LogP contribution in [0.4, 0.5) is 0 Å². The van der Waals surface area contributed by atoms with E-state index in [9.17, 15) is 10.1 Å². The highest BCUT2D eigenvalue weighted by Crippen LogP contribution is 1.82. The minimum absolute atomic E-state index is 0.132. The number of nitro groups is 1. The van der Waals surface area contributed by atoms with Gasteiger partial charge in [-0.15, -0.1) is 0 Å². The summed E-state index contributed by atoms with van der Waals surface area (Å²) in [4.78, 5) is 8.82. The van der Waals surface area contributed by atoms with Crippen LogP contribution < -0.4 is 0 Å². The third kappa shape index (κ3) is 5.36. The van der Waals surface area contributed by atoms with Crippen molar-refractivity contribution < 1.29 is 10.0 Å². The van der Waals surface area contributed by atoms with Crippen LogP contribution >= 0.6 is 0 Å². The van der Waals surface area contributed by atoms with E-state index in [1.807, 2.05) is 0 Å². The number of hydrogen-bond acceptors (Lipinski definition) is 3. The van der Waals surface area contributed by atoms with Gasteiger partial charge in [-0.25, -0.2) is 0 Å². The topological polar surface area (TPSA) is 63.4 Å². The first-order chi connectivity index (χ1) is 3.27. The molecule has 0 aliphatic rings. The van der Waals surface area contributed by atoms with Crippen molar-refractivity contribution in [2.45, 2.75) is 6.42 Å². The highest BCUT2D eigenvalue weighted by atomic mass is 16.6. The summed E-state index contributed by atoms with van der Waals surface area (Å²) < 4.78 is 0. The lowest BCUT2D eigenvalue weighted by Crippen LogP contribution is -1.94. The summed E-state index contributed by atoms with van der Waals surface area (Å²) in [5.41, 5.74) is 0. The largest absolute Gasteiger partial charge is 0.396 e. The van der Waals surface area contributed by atoms with Crippen LogP contribution in [0.25, 0.3) is 0 Å². The molecule has 0 aromatic rings. The van der Waals surface area contributed by atoms with E-state index < -0.39 is 4.92 Å². The lowest BCUT2D eigenvalue weighted by atomic mass is 10.5. The zero-order valence-electron chi connectivity index (χ0n) is 3.70. The third-order valence-electron chi connectivity index (χ3n) is 0.407. The molecular weight excluding hydrogens is 98.0 g/mol. The maximum atomic E-state index is 9.40. The van der Waals surface area contributed by atoms with Crippen molar-refractivity contribution in [3.8, 4) is 0 Å². The molecule has 4 nitrogen and oxygen atoms in total. The van der Waals surface area contributed by atoms with Crippen molar-refractivity contribution in [1.82, 2.24) is 0 Å². The Balaban J connectivity index is 2.82. The van der Waals surface area contributed by atoms with Gasteiger partial charge in [-0.1, -0.05) is 0 Å². The van der Waals surface area contributed by atoms with Gasteiger partial charge in [0.05, 0.1) is 0 Å². The predicted molar refractivity (Wildman–Crippen MR) is 23.0 cm³/mol. The van der Waals surface area contributed by atoms with Gasteiger partial charge in [0.25, 0.3) is 6.54 Å². The molecule has 0 atom stereocenters. The SMILES string of the molecule is O=[N+]([O-])[CH]CCO. The van der Waals surface area contributed by atoms with Crippen molar-refractivity contribution >= 4 is 0 Å². The van der Waals surface area contributed by atoms with Crippen molar-refractivity contribution in [3.63, 3.8) is 0 Å². The predicted octanol–water partition coefficient (Wildman–Crippen LogP) is -0.193. The van der Waals surface area contributed by atoms with Gasteiger partial charge in [-0.05, 0) is 0 Å². The first kappa shape index (κ1) is 6.36. The van der Waals surface area contributed by atoms with Crippen LogP contribution in [0.5, 0.6) is 0 Å². The molecule has 0 saturated carbocycles. The van der Waals surface area contributed by atoms with E-state index in [1.54, 1.807) is 0 Å². The van der Waals surface area contributed by atoms with E-state index in [0.29, 0.717) is 0 Å². The minimum Gasteiger partial charge on any atom is -0.396 e. The molecule has 0 aliphatic carbocycles. The maximum Gasteiger partial charge on any atom is 0.281 e. The quantitative estimate of drug-likeness (QED) is 0.398. The summed E-state index contributed by atoms with van der Waals surface area (Å²) in [6, 6.07) is 0. The Labute approximate surface area is 40.9 Å². The normalized spacial score (nSPS) is 8.71. The van der Waals surface area contributed by atoms with Crippen molar-refractivity contribution in [2.24, 2.45) is 0 Å². The van der Waals surface area contributed by atoms with E-state index in [4.69, 9.17) is 5.11 Å². The third-order valence-corrected chi connectivity index (χ3v) is 0.407. The van der Waals surface area contributed by atoms with Gasteiger partial charge in [0, 0.05) is 18.0 Å². The van der Waals surface area contributed by atoms with E-state index in [-0.39, 0.29) is 13.0 Å². The molecule has 1 radical (unpaired) electrons. The summed E-state index contributed by atoms with van der Waals surface area (Å²) in [7, 11) is 0. The Hall–Kier alpha value is -0.640. The molecule has 0 rings (SSSR count). The maximum absolute atomic E-state index is 9.40. The molecule has 0 unspecified atom stereocenters. The molecule has 7 heavy (non-hydrogen) atoms. The van der Waals surface area contributed by atoms with Gasteiger partial charge in [-0.3, -0.25) is 10.1 Å². The molecule has 0 spiro atoms. The van der Waals surface area contributed by atoms with E-state index >= 15 is 0 Å². The Morgan fingerprint density at radius 1 is 1.86 bits per heavy atom. The van der Waals surface area contributed by atoms with Gasteiger partial charge in [0.15, 0.2) is 0 Å². The monoisotopic (exact) mass is 104 g/mol. The van der Waals surface area contributed by atoms with Gasteiger partial charge < -0.3 is 5.11 Å². The Kier molecular flexibility index (Phi) is 3.22. The summed E-state index contributed by atoms with van der Waals surface area (Å²) in [5, 5.41) is 17.4. The van der Waals surface area contributed by atoms with Crippen LogP contribution in [0.1, 0.15) is 6.42 Å². The fraction of sp³-hybridized carbons (Fsp3) is 0.667. The fourth-order valence-corrected chi connectivity index (χ4v) is 0.163. The second-order valence-electron chi connectivity index (χ2n) is 0.980. The molecule has 0 saturated heterocycles. The lowest BCUT2D eigenvalue weighted by molar-refractivity contribution is -0.438. The second-order valence-corrected chi connectivity index (χ2v) is 0.980. The van der Waals surface area contributed by atoms with Crippen molar-refractivity contribution in [2.75, 3.05) is 6.61 Å². The fourth-order valence-electron chi connectivity index (χ4n) is 0.163. The Morgan fingerprint density at radius 2 is 2.43 bits per heavy atom. The van der Waals surface area contributed by atoms with Crippen molar-refractivity contribution in [3.05, 3.63) is 16.7 Å². The van der Waals surface area contributed by atoms with Gasteiger partial charge in [0.1, 0.15) is 0 Å². The Morgan fingerprint density at radius 3 is 2.57 bits per heavy atom. The lowest BCUT2D eigenvalue weighted by Gasteiger charge is -1.82. The number of aliphatic hydroxyl groups excluding tert-OH is 1. The summed E-state index contributed by atoms with van der Waals surface area (Å²) >= 11 is 0. The molecule has 1 N–H and O–H groups in total. The average Bonchev–Trinajstić information content (AvgIpc) is 1.61. The number of aliphatic hydroxyl groups is 1. The van der Waals surface area contributed by atoms with Gasteiger partial charge in [0.2, 0.25) is 0 Å². The molecule has 0 amide bonds. The first-order valence-electron chi connectivity index (χ1n) is 1.85. The minimum atomic E-state index is -0.573. The van der Waals surface area contributed by atoms with Crippen LogP contribution in [-0.2, 0) is 0 Å². The molecular formula is C3H6NO3. The highest BCUT2D eigenvalue weighted by molar-refractivity contribution is 4.43. The molecule has 41 valence electrons. The average molecular weight is 104 g/mol. The molecule has 0 aromatic heterocycles. The van der Waals surface area contributed by atoms with E-state index in [0.717, 1.165) is 6.54 Å². The molecule has 0 heterocycles. The van der Waals surface area contributed by atoms with Crippen LogP contribution in [0.15, 0.2) is 0 Å². The molecule has 0 fully saturated rings. The smallest absolute Gasteiger partial charge is 0.281 e. The highest BCUT2D eigenvalue weighted by Gasteiger charge is 1.94. The zero-order valence-corrected chi connectivity index (χ0v) is 3.70. The summed E-state index contributed by atoms with van der Waals surface area (Å²) in [6.07, 6.45) is 0.132. The van der Waals surface area contributed by atoms with Crippen LogP contribution in [-0.4, -0.2) is 16.6 Å². The van der Waals surface area contributed by atoms with Crippen LogP contribution in [0.3, 0.4) is 0 Å². The van der Waals surface area contributed by atoms with Gasteiger partial charge >= 0.3 is 0 Å². The zero-order chi connectivity index (χ0) is 5.70.